The molecule has 0 bridgehead atoms. The van der Waals surface area contributed by atoms with Crippen molar-refractivity contribution in [2.75, 3.05) is 6.54 Å². The summed E-state index contributed by atoms with van der Waals surface area (Å²) in [5.41, 5.74) is 8.64. The van der Waals surface area contributed by atoms with Crippen molar-refractivity contribution in [3.05, 3.63) is 23.5 Å². The predicted octanol–water partition coefficient (Wildman–Crippen LogP) is 1.35. The lowest BCUT2D eigenvalue weighted by Gasteiger charge is -2.17. The molecule has 1 aromatic heterocycles. The van der Waals surface area contributed by atoms with E-state index in [4.69, 9.17) is 5.73 Å². The van der Waals surface area contributed by atoms with Crippen molar-refractivity contribution in [3.63, 3.8) is 0 Å². The Bertz CT molecular complexity index is 448. The van der Waals surface area contributed by atoms with Crippen LogP contribution in [-0.4, -0.2) is 17.0 Å². The first-order valence-electron chi connectivity index (χ1n) is 6.93. The molecule has 98 valence electrons. The Labute approximate surface area is 108 Å². The second-order valence-corrected chi connectivity index (χ2v) is 5.66. The lowest BCUT2D eigenvalue weighted by atomic mass is 9.92. The minimum Gasteiger partial charge on any atom is -0.354 e. The summed E-state index contributed by atoms with van der Waals surface area (Å²) in [6, 6.07) is 0.157. The molecule has 0 spiro atoms. The van der Waals surface area contributed by atoms with Crippen LogP contribution in [0.25, 0.3) is 0 Å². The highest BCUT2D eigenvalue weighted by Crippen LogP contribution is 2.29. The molecule has 1 aromatic rings. The van der Waals surface area contributed by atoms with Gasteiger partial charge in [0.1, 0.15) is 6.54 Å². The number of amides is 1. The number of carbonyl (C=O) groups is 1. The molecule has 0 saturated heterocycles. The second-order valence-electron chi connectivity index (χ2n) is 5.66. The SMILES string of the molecule is NC1CCCc2cn(CC(=O)NCC3CC3)cc21. The standard InChI is InChI=1S/C14H21N3O/c15-13-3-1-2-11-7-17(8-12(11)13)9-14(18)16-6-10-4-5-10/h7-8,10,13H,1-6,9,15H2,(H,16,18). The Hall–Kier alpha value is -1.29. The molecule has 1 saturated carbocycles. The molecule has 18 heavy (non-hydrogen) atoms. The fraction of sp³-hybridized carbons (Fsp3) is 0.643. The molecule has 4 nitrogen and oxygen atoms in total. The van der Waals surface area contributed by atoms with Gasteiger partial charge in [-0.2, -0.15) is 0 Å². The number of nitrogens with zero attached hydrogens (tertiary/aromatic N) is 1. The average molecular weight is 247 g/mol. The zero-order valence-electron chi connectivity index (χ0n) is 10.7. The Morgan fingerprint density at radius 2 is 2.22 bits per heavy atom. The van der Waals surface area contributed by atoms with Gasteiger partial charge in [0.25, 0.3) is 0 Å². The zero-order chi connectivity index (χ0) is 12.5. The summed E-state index contributed by atoms with van der Waals surface area (Å²) in [5, 5.41) is 2.99. The fourth-order valence-electron chi connectivity index (χ4n) is 2.68. The minimum atomic E-state index is 0.114. The number of fused-ring (bicyclic) bond motifs is 1. The van der Waals surface area contributed by atoms with Crippen LogP contribution in [0.1, 0.15) is 42.9 Å². The van der Waals surface area contributed by atoms with Crippen LogP contribution < -0.4 is 11.1 Å². The molecule has 1 unspecified atom stereocenters. The number of hydrogen-bond acceptors (Lipinski definition) is 2. The molecular weight excluding hydrogens is 226 g/mol. The maximum absolute atomic E-state index is 11.8. The van der Waals surface area contributed by atoms with E-state index in [2.05, 4.69) is 17.7 Å². The van der Waals surface area contributed by atoms with E-state index in [0.717, 1.165) is 31.7 Å². The number of nitrogens with one attached hydrogen (secondary N) is 1. The third-order valence-corrected chi connectivity index (χ3v) is 3.97. The Kier molecular flexibility index (Phi) is 3.12. The molecule has 2 aliphatic carbocycles. The van der Waals surface area contributed by atoms with E-state index in [1.807, 2.05) is 4.57 Å². The maximum atomic E-state index is 11.8. The number of aromatic nitrogens is 1. The molecule has 0 radical (unpaired) electrons. The molecule has 1 heterocycles. The molecule has 1 fully saturated rings. The van der Waals surface area contributed by atoms with E-state index in [1.165, 1.54) is 24.0 Å². The van der Waals surface area contributed by atoms with Gasteiger partial charge in [-0.05, 0) is 49.1 Å². The fourth-order valence-corrected chi connectivity index (χ4v) is 2.68. The van der Waals surface area contributed by atoms with Gasteiger partial charge in [0.2, 0.25) is 5.91 Å². The van der Waals surface area contributed by atoms with E-state index in [-0.39, 0.29) is 11.9 Å². The monoisotopic (exact) mass is 247 g/mol. The summed E-state index contributed by atoms with van der Waals surface area (Å²) in [5.74, 6) is 0.850. The molecule has 3 rings (SSSR count). The highest BCUT2D eigenvalue weighted by atomic mass is 16.1. The van der Waals surface area contributed by atoms with Crippen LogP contribution in [0.4, 0.5) is 0 Å². The first-order chi connectivity index (χ1) is 8.72. The van der Waals surface area contributed by atoms with Crippen LogP contribution in [0.15, 0.2) is 12.4 Å². The van der Waals surface area contributed by atoms with Crippen LogP contribution >= 0.6 is 0 Å². The largest absolute Gasteiger partial charge is 0.354 e. The van der Waals surface area contributed by atoms with Gasteiger partial charge in [0.05, 0.1) is 0 Å². The number of nitrogens with two attached hydrogens (primary N) is 1. The van der Waals surface area contributed by atoms with Crippen molar-refractivity contribution in [1.82, 2.24) is 9.88 Å². The van der Waals surface area contributed by atoms with Crippen molar-refractivity contribution < 1.29 is 4.79 Å². The van der Waals surface area contributed by atoms with Crippen LogP contribution in [-0.2, 0) is 17.8 Å². The Morgan fingerprint density at radius 1 is 1.39 bits per heavy atom. The third kappa shape index (κ3) is 2.58. The lowest BCUT2D eigenvalue weighted by Crippen LogP contribution is -2.28. The first kappa shape index (κ1) is 11.8. The maximum Gasteiger partial charge on any atom is 0.239 e. The third-order valence-electron chi connectivity index (χ3n) is 3.97. The van der Waals surface area contributed by atoms with Crippen molar-refractivity contribution in [1.29, 1.82) is 0 Å². The van der Waals surface area contributed by atoms with Gasteiger partial charge in [-0.15, -0.1) is 0 Å². The molecule has 1 atom stereocenters. The van der Waals surface area contributed by atoms with Crippen molar-refractivity contribution >= 4 is 5.91 Å². The average Bonchev–Trinajstić information content (AvgIpc) is 3.07. The van der Waals surface area contributed by atoms with Gasteiger partial charge in [-0.1, -0.05) is 0 Å². The Morgan fingerprint density at radius 3 is 2.94 bits per heavy atom. The quantitative estimate of drug-likeness (QED) is 0.843. The van der Waals surface area contributed by atoms with Gasteiger partial charge < -0.3 is 15.6 Å². The molecule has 0 aromatic carbocycles. The van der Waals surface area contributed by atoms with Crippen LogP contribution in [0, 0.1) is 5.92 Å². The molecule has 4 heteroatoms. The Balaban J connectivity index is 1.60. The molecular formula is C14H21N3O. The van der Waals surface area contributed by atoms with Gasteiger partial charge in [-0.3, -0.25) is 4.79 Å². The summed E-state index contributed by atoms with van der Waals surface area (Å²) >= 11 is 0. The van der Waals surface area contributed by atoms with Gasteiger partial charge >= 0.3 is 0 Å². The van der Waals surface area contributed by atoms with E-state index in [0.29, 0.717) is 6.54 Å². The number of aryl methyl sites for hydroxylation is 1. The highest BCUT2D eigenvalue weighted by Gasteiger charge is 2.22. The lowest BCUT2D eigenvalue weighted by molar-refractivity contribution is -0.121. The van der Waals surface area contributed by atoms with Crippen molar-refractivity contribution in [2.45, 2.75) is 44.7 Å². The molecule has 3 N–H and O–H groups in total. The van der Waals surface area contributed by atoms with E-state index >= 15 is 0 Å². The van der Waals surface area contributed by atoms with Crippen LogP contribution in [0.2, 0.25) is 0 Å². The normalized spacial score (nSPS) is 22.6. The van der Waals surface area contributed by atoms with Crippen LogP contribution in [0.3, 0.4) is 0 Å². The highest BCUT2D eigenvalue weighted by molar-refractivity contribution is 5.75. The summed E-state index contributed by atoms with van der Waals surface area (Å²) in [6.07, 6.45) is 10.00. The minimum absolute atomic E-state index is 0.114. The summed E-state index contributed by atoms with van der Waals surface area (Å²) in [7, 11) is 0. The van der Waals surface area contributed by atoms with E-state index < -0.39 is 0 Å². The summed E-state index contributed by atoms with van der Waals surface area (Å²) in [4.78, 5) is 11.8. The van der Waals surface area contributed by atoms with Crippen LogP contribution in [0.5, 0.6) is 0 Å². The topological polar surface area (TPSA) is 60.0 Å². The number of hydrogen-bond donors (Lipinski definition) is 2. The smallest absolute Gasteiger partial charge is 0.239 e. The van der Waals surface area contributed by atoms with Crippen molar-refractivity contribution in [2.24, 2.45) is 11.7 Å². The number of carbonyl (C=O) groups excluding carboxylic acids is 1. The predicted molar refractivity (Wildman–Crippen MR) is 70.0 cm³/mol. The molecule has 2 aliphatic rings. The summed E-state index contributed by atoms with van der Waals surface area (Å²) in [6.45, 7) is 1.27. The molecule has 1 amide bonds. The summed E-state index contributed by atoms with van der Waals surface area (Å²) < 4.78 is 1.98. The second kappa shape index (κ2) is 4.76. The van der Waals surface area contributed by atoms with Crippen molar-refractivity contribution in [3.8, 4) is 0 Å². The number of rotatable bonds is 4. The van der Waals surface area contributed by atoms with E-state index in [1.54, 1.807) is 0 Å². The zero-order valence-corrected chi connectivity index (χ0v) is 10.7. The molecule has 0 aliphatic heterocycles. The van der Waals surface area contributed by atoms with Gasteiger partial charge in [0, 0.05) is 25.0 Å². The van der Waals surface area contributed by atoms with E-state index in [9.17, 15) is 4.79 Å². The van der Waals surface area contributed by atoms with Gasteiger partial charge in [0.15, 0.2) is 0 Å². The van der Waals surface area contributed by atoms with Gasteiger partial charge in [-0.25, -0.2) is 0 Å². The first-order valence-corrected chi connectivity index (χ1v) is 6.93.